The van der Waals surface area contributed by atoms with Crippen LogP contribution >= 0.6 is 11.3 Å². The van der Waals surface area contributed by atoms with E-state index in [0.717, 1.165) is 34.7 Å². The second-order valence-corrected chi connectivity index (χ2v) is 7.10. The maximum absolute atomic E-state index is 6.01. The third-order valence-electron chi connectivity index (χ3n) is 4.38. The molecule has 0 bridgehead atoms. The quantitative estimate of drug-likeness (QED) is 0.865. The van der Waals surface area contributed by atoms with Crippen LogP contribution in [0.1, 0.15) is 31.1 Å². The number of pyridine rings is 1. The van der Waals surface area contributed by atoms with Crippen molar-refractivity contribution in [2.24, 2.45) is 15.2 Å². The molecule has 2 aromatic rings. The number of thiazole rings is 1. The standard InChI is InChI=1S/C17H20N6O2S/c1-2-24-15-14(26-16(22-15)11-6-7-19-13(18)9-11)17(20-10-21-23-17)12-5-3-4-8-25-12/h6-7,9-10,12H,2-5,8H2,1H3,(H2,18,19). The Kier molecular flexibility index (Phi) is 4.64. The number of hydrogen-bond acceptors (Lipinski definition) is 9. The molecule has 4 rings (SSSR count). The predicted molar refractivity (Wildman–Crippen MR) is 99.5 cm³/mol. The summed E-state index contributed by atoms with van der Waals surface area (Å²) >= 11 is 1.48. The van der Waals surface area contributed by atoms with Crippen LogP contribution in [0.3, 0.4) is 0 Å². The fraction of sp³-hybridized carbons (Fsp3) is 0.471. The van der Waals surface area contributed by atoms with Gasteiger partial charge in [0.2, 0.25) is 11.5 Å². The van der Waals surface area contributed by atoms with E-state index in [2.05, 4.69) is 25.2 Å². The van der Waals surface area contributed by atoms with Crippen LogP contribution in [0, 0.1) is 0 Å². The lowest BCUT2D eigenvalue weighted by atomic mass is 9.95. The number of ether oxygens (including phenoxy) is 2. The Morgan fingerprint density at radius 1 is 1.42 bits per heavy atom. The molecular weight excluding hydrogens is 352 g/mol. The number of hydrogen-bond donors (Lipinski definition) is 1. The SMILES string of the molecule is CCOc1nc(-c2ccnc(N)c2)sc1C1(C2CCCCO2)N=CN=N1. The molecule has 1 saturated heterocycles. The van der Waals surface area contributed by atoms with Crippen LogP contribution in [0.4, 0.5) is 5.82 Å². The van der Waals surface area contributed by atoms with Crippen molar-refractivity contribution in [1.82, 2.24) is 9.97 Å². The zero-order valence-electron chi connectivity index (χ0n) is 14.5. The number of rotatable bonds is 5. The summed E-state index contributed by atoms with van der Waals surface area (Å²) in [4.78, 5) is 14.1. The van der Waals surface area contributed by atoms with Crippen LogP contribution < -0.4 is 10.5 Å². The van der Waals surface area contributed by atoms with Gasteiger partial charge in [-0.05, 0) is 38.3 Å². The Morgan fingerprint density at radius 2 is 2.35 bits per heavy atom. The molecule has 26 heavy (non-hydrogen) atoms. The molecule has 0 spiro atoms. The molecule has 0 radical (unpaired) electrons. The van der Waals surface area contributed by atoms with Gasteiger partial charge in [0.15, 0.2) is 0 Å². The van der Waals surface area contributed by atoms with Crippen molar-refractivity contribution in [3.05, 3.63) is 23.2 Å². The zero-order valence-corrected chi connectivity index (χ0v) is 15.3. The number of nitrogens with zero attached hydrogens (tertiary/aromatic N) is 5. The van der Waals surface area contributed by atoms with Gasteiger partial charge in [-0.25, -0.2) is 15.0 Å². The van der Waals surface area contributed by atoms with Gasteiger partial charge in [0.25, 0.3) is 0 Å². The first-order chi connectivity index (χ1) is 12.7. The van der Waals surface area contributed by atoms with E-state index < -0.39 is 5.66 Å². The predicted octanol–water partition coefficient (Wildman–Crippen LogP) is 3.40. The molecule has 136 valence electrons. The summed E-state index contributed by atoms with van der Waals surface area (Å²) in [7, 11) is 0. The summed E-state index contributed by atoms with van der Waals surface area (Å²) in [5.41, 5.74) is 5.79. The maximum Gasteiger partial charge on any atom is 0.238 e. The highest BCUT2D eigenvalue weighted by atomic mass is 32.1. The molecule has 2 aliphatic rings. The van der Waals surface area contributed by atoms with Gasteiger partial charge in [0.05, 0.1) is 6.61 Å². The Balaban J connectivity index is 1.81. The van der Waals surface area contributed by atoms with E-state index in [0.29, 0.717) is 24.9 Å². The fourth-order valence-corrected chi connectivity index (χ4v) is 4.32. The lowest BCUT2D eigenvalue weighted by molar-refractivity contribution is -0.0313. The first-order valence-electron chi connectivity index (χ1n) is 8.66. The van der Waals surface area contributed by atoms with Gasteiger partial charge >= 0.3 is 0 Å². The third-order valence-corrected chi connectivity index (χ3v) is 5.58. The van der Waals surface area contributed by atoms with Crippen LogP contribution in [0.25, 0.3) is 10.6 Å². The van der Waals surface area contributed by atoms with Gasteiger partial charge in [-0.2, -0.15) is 0 Å². The number of aliphatic imine (C=N–C) groups is 1. The van der Waals surface area contributed by atoms with Gasteiger partial charge < -0.3 is 15.2 Å². The molecule has 8 nitrogen and oxygen atoms in total. The highest BCUT2D eigenvalue weighted by molar-refractivity contribution is 7.15. The molecule has 2 aliphatic heterocycles. The normalized spacial score (nSPS) is 24.9. The minimum atomic E-state index is -0.917. The van der Waals surface area contributed by atoms with E-state index >= 15 is 0 Å². The summed E-state index contributed by atoms with van der Waals surface area (Å²) in [5, 5.41) is 9.27. The van der Waals surface area contributed by atoms with Crippen molar-refractivity contribution in [1.29, 1.82) is 0 Å². The second kappa shape index (κ2) is 7.08. The summed E-state index contributed by atoms with van der Waals surface area (Å²) in [6, 6.07) is 3.67. The van der Waals surface area contributed by atoms with Crippen molar-refractivity contribution >= 4 is 23.5 Å². The summed E-state index contributed by atoms with van der Waals surface area (Å²) in [5.74, 6) is 0.969. The van der Waals surface area contributed by atoms with Gasteiger partial charge in [-0.3, -0.25) is 0 Å². The average Bonchev–Trinajstić information content (AvgIpc) is 3.31. The molecule has 0 aromatic carbocycles. The number of nitrogens with two attached hydrogens (primary N) is 1. The first kappa shape index (κ1) is 17.0. The largest absolute Gasteiger partial charge is 0.477 e. The molecule has 4 heterocycles. The number of nitrogen functional groups attached to an aromatic ring is 1. The van der Waals surface area contributed by atoms with E-state index in [4.69, 9.17) is 15.2 Å². The third kappa shape index (κ3) is 2.97. The molecule has 0 saturated carbocycles. The van der Waals surface area contributed by atoms with Gasteiger partial charge in [0.1, 0.15) is 28.1 Å². The Morgan fingerprint density at radius 3 is 3.04 bits per heavy atom. The Bertz CT molecular complexity index is 832. The zero-order chi connectivity index (χ0) is 18.0. The Hall–Kier alpha value is -2.39. The van der Waals surface area contributed by atoms with Crippen LogP contribution in [0.5, 0.6) is 5.88 Å². The number of aromatic nitrogens is 2. The minimum absolute atomic E-state index is 0.172. The van der Waals surface area contributed by atoms with Crippen molar-refractivity contribution in [2.75, 3.05) is 18.9 Å². The molecular formula is C17H20N6O2S. The molecule has 2 unspecified atom stereocenters. The lowest BCUT2D eigenvalue weighted by Gasteiger charge is -2.33. The van der Waals surface area contributed by atoms with E-state index in [-0.39, 0.29) is 6.10 Å². The maximum atomic E-state index is 6.01. The fourth-order valence-electron chi connectivity index (χ4n) is 3.19. The molecule has 1 fully saturated rings. The van der Waals surface area contributed by atoms with E-state index in [1.165, 1.54) is 17.7 Å². The molecule has 2 atom stereocenters. The highest BCUT2D eigenvalue weighted by Crippen LogP contribution is 2.48. The molecule has 2 aromatic heterocycles. The molecule has 0 amide bonds. The number of azo groups is 1. The monoisotopic (exact) mass is 372 g/mol. The van der Waals surface area contributed by atoms with Crippen LogP contribution in [-0.2, 0) is 10.4 Å². The van der Waals surface area contributed by atoms with Crippen LogP contribution in [0.15, 0.2) is 33.6 Å². The van der Waals surface area contributed by atoms with Gasteiger partial charge in [-0.1, -0.05) is 0 Å². The van der Waals surface area contributed by atoms with Crippen molar-refractivity contribution in [3.8, 4) is 16.5 Å². The van der Waals surface area contributed by atoms with Gasteiger partial charge in [-0.15, -0.1) is 21.6 Å². The molecule has 0 aliphatic carbocycles. The molecule has 9 heteroatoms. The van der Waals surface area contributed by atoms with Crippen molar-refractivity contribution in [3.63, 3.8) is 0 Å². The Labute approximate surface area is 155 Å². The average molecular weight is 372 g/mol. The van der Waals surface area contributed by atoms with E-state index in [1.807, 2.05) is 13.0 Å². The van der Waals surface area contributed by atoms with E-state index in [1.54, 1.807) is 12.3 Å². The minimum Gasteiger partial charge on any atom is -0.477 e. The summed E-state index contributed by atoms with van der Waals surface area (Å²) < 4.78 is 11.8. The smallest absolute Gasteiger partial charge is 0.238 e. The lowest BCUT2D eigenvalue weighted by Crippen LogP contribution is -2.39. The van der Waals surface area contributed by atoms with Crippen LogP contribution in [-0.4, -0.2) is 35.6 Å². The van der Waals surface area contributed by atoms with Gasteiger partial charge in [0, 0.05) is 18.4 Å². The first-order valence-corrected chi connectivity index (χ1v) is 9.48. The summed E-state index contributed by atoms with van der Waals surface area (Å²) in [6.07, 6.45) is 5.98. The van der Waals surface area contributed by atoms with Crippen molar-refractivity contribution < 1.29 is 9.47 Å². The summed E-state index contributed by atoms with van der Waals surface area (Å²) in [6.45, 7) is 3.13. The number of anilines is 1. The second-order valence-electron chi connectivity index (χ2n) is 6.10. The highest BCUT2D eigenvalue weighted by Gasteiger charge is 2.48. The van der Waals surface area contributed by atoms with Crippen molar-refractivity contribution in [2.45, 2.75) is 38.0 Å². The van der Waals surface area contributed by atoms with E-state index in [9.17, 15) is 0 Å². The molecule has 2 N–H and O–H groups in total. The topological polar surface area (TPSA) is 107 Å². The van der Waals surface area contributed by atoms with Crippen LogP contribution in [0.2, 0.25) is 0 Å².